The molecule has 0 heterocycles. The molecule has 2 aromatic carbocycles. The SMILES string of the molecule is CCc1cccc(CC)c1NS(=O)(=O)c1ccc(F)c(C)c1. The number of halogens is 1. The van der Waals surface area contributed by atoms with E-state index in [0.717, 1.165) is 24.0 Å². The molecule has 118 valence electrons. The molecular weight excluding hydrogens is 301 g/mol. The quantitative estimate of drug-likeness (QED) is 0.902. The molecule has 0 aliphatic carbocycles. The Morgan fingerprint density at radius 1 is 1.05 bits per heavy atom. The fraction of sp³-hybridized carbons (Fsp3) is 0.294. The fourth-order valence-corrected chi connectivity index (χ4v) is 3.58. The van der Waals surface area contributed by atoms with E-state index >= 15 is 0 Å². The minimum atomic E-state index is -3.73. The Morgan fingerprint density at radius 3 is 2.14 bits per heavy atom. The predicted octanol–water partition coefficient (Wildman–Crippen LogP) is 4.06. The normalized spacial score (nSPS) is 11.5. The van der Waals surface area contributed by atoms with E-state index in [0.29, 0.717) is 11.3 Å². The highest BCUT2D eigenvalue weighted by Crippen LogP contribution is 2.26. The lowest BCUT2D eigenvalue weighted by Gasteiger charge is -2.16. The summed E-state index contributed by atoms with van der Waals surface area (Å²) in [5, 5.41) is 0. The maximum absolute atomic E-state index is 13.3. The summed E-state index contributed by atoms with van der Waals surface area (Å²) in [5.41, 5.74) is 2.83. The van der Waals surface area contributed by atoms with E-state index in [1.165, 1.54) is 18.2 Å². The van der Waals surface area contributed by atoms with Crippen LogP contribution in [0.3, 0.4) is 0 Å². The Labute approximate surface area is 131 Å². The number of benzene rings is 2. The predicted molar refractivity (Wildman–Crippen MR) is 87.1 cm³/mol. The first-order valence-corrected chi connectivity index (χ1v) is 8.77. The lowest BCUT2D eigenvalue weighted by Crippen LogP contribution is -2.16. The van der Waals surface area contributed by atoms with Crippen LogP contribution in [0, 0.1) is 12.7 Å². The van der Waals surface area contributed by atoms with Crippen LogP contribution in [0.4, 0.5) is 10.1 Å². The van der Waals surface area contributed by atoms with Crippen molar-refractivity contribution in [1.29, 1.82) is 0 Å². The van der Waals surface area contributed by atoms with Crippen LogP contribution in [-0.4, -0.2) is 8.42 Å². The number of anilines is 1. The van der Waals surface area contributed by atoms with Gasteiger partial charge in [0.05, 0.1) is 10.6 Å². The van der Waals surface area contributed by atoms with E-state index < -0.39 is 15.8 Å². The van der Waals surface area contributed by atoms with E-state index in [-0.39, 0.29) is 4.90 Å². The Morgan fingerprint density at radius 2 is 1.64 bits per heavy atom. The van der Waals surface area contributed by atoms with E-state index in [1.807, 2.05) is 32.0 Å². The van der Waals surface area contributed by atoms with Crippen LogP contribution in [0.1, 0.15) is 30.5 Å². The second-order valence-electron chi connectivity index (χ2n) is 5.17. The Hall–Kier alpha value is -1.88. The van der Waals surface area contributed by atoms with Crippen molar-refractivity contribution in [2.75, 3.05) is 4.72 Å². The standard InChI is InChI=1S/C17H20FNO2S/c1-4-13-7-6-8-14(5-2)17(13)19-22(20,21)15-9-10-16(18)12(3)11-15/h6-11,19H,4-5H2,1-3H3. The first-order valence-electron chi connectivity index (χ1n) is 7.28. The van der Waals surface area contributed by atoms with Gasteiger partial charge in [-0.1, -0.05) is 32.0 Å². The van der Waals surface area contributed by atoms with Crippen molar-refractivity contribution in [3.8, 4) is 0 Å². The van der Waals surface area contributed by atoms with E-state index in [9.17, 15) is 12.8 Å². The molecule has 1 N–H and O–H groups in total. The third kappa shape index (κ3) is 3.30. The molecule has 0 fully saturated rings. The van der Waals surface area contributed by atoms with Gasteiger partial charge in [-0.05, 0) is 54.7 Å². The second kappa shape index (κ2) is 6.48. The van der Waals surface area contributed by atoms with Crippen molar-refractivity contribution in [2.45, 2.75) is 38.5 Å². The van der Waals surface area contributed by atoms with E-state index in [1.54, 1.807) is 6.92 Å². The van der Waals surface area contributed by atoms with Crippen LogP contribution < -0.4 is 4.72 Å². The zero-order valence-electron chi connectivity index (χ0n) is 13.0. The molecule has 0 spiro atoms. The van der Waals surface area contributed by atoms with Crippen molar-refractivity contribution in [2.24, 2.45) is 0 Å². The second-order valence-corrected chi connectivity index (χ2v) is 6.86. The topological polar surface area (TPSA) is 46.2 Å². The first kappa shape index (κ1) is 16.5. The molecule has 0 atom stereocenters. The van der Waals surface area contributed by atoms with Gasteiger partial charge in [0.15, 0.2) is 0 Å². The van der Waals surface area contributed by atoms with Crippen molar-refractivity contribution in [3.05, 3.63) is 58.9 Å². The summed E-state index contributed by atoms with van der Waals surface area (Å²) in [5.74, 6) is -0.415. The molecule has 2 rings (SSSR count). The highest BCUT2D eigenvalue weighted by Gasteiger charge is 2.18. The summed E-state index contributed by atoms with van der Waals surface area (Å²) in [7, 11) is -3.73. The molecule has 0 bridgehead atoms. The molecule has 0 aliphatic heterocycles. The van der Waals surface area contributed by atoms with Crippen LogP contribution in [0.5, 0.6) is 0 Å². The highest BCUT2D eigenvalue weighted by molar-refractivity contribution is 7.92. The van der Waals surface area contributed by atoms with Crippen LogP contribution in [0.2, 0.25) is 0 Å². The van der Waals surface area contributed by atoms with Crippen LogP contribution in [-0.2, 0) is 22.9 Å². The molecular formula is C17H20FNO2S. The molecule has 0 aliphatic rings. The van der Waals surface area contributed by atoms with Gasteiger partial charge < -0.3 is 0 Å². The van der Waals surface area contributed by atoms with Gasteiger partial charge in [0.25, 0.3) is 10.0 Å². The van der Waals surface area contributed by atoms with Gasteiger partial charge in [0.2, 0.25) is 0 Å². The highest BCUT2D eigenvalue weighted by atomic mass is 32.2. The average Bonchev–Trinajstić information content (AvgIpc) is 2.49. The van der Waals surface area contributed by atoms with Crippen molar-refractivity contribution in [1.82, 2.24) is 0 Å². The molecule has 0 radical (unpaired) electrons. The van der Waals surface area contributed by atoms with Gasteiger partial charge >= 0.3 is 0 Å². The molecule has 0 aromatic heterocycles. The van der Waals surface area contributed by atoms with Crippen molar-refractivity contribution < 1.29 is 12.8 Å². The molecule has 0 unspecified atom stereocenters. The average molecular weight is 321 g/mol. The van der Waals surface area contributed by atoms with Gasteiger partial charge in [-0.3, -0.25) is 4.72 Å². The van der Waals surface area contributed by atoms with Crippen LogP contribution in [0.15, 0.2) is 41.3 Å². The maximum Gasteiger partial charge on any atom is 0.261 e. The summed E-state index contributed by atoms with van der Waals surface area (Å²) in [6.45, 7) is 5.51. The molecule has 2 aromatic rings. The zero-order valence-corrected chi connectivity index (χ0v) is 13.8. The fourth-order valence-electron chi connectivity index (χ4n) is 2.35. The molecule has 22 heavy (non-hydrogen) atoms. The maximum atomic E-state index is 13.3. The summed E-state index contributed by atoms with van der Waals surface area (Å²) in [6.07, 6.45) is 1.46. The van der Waals surface area contributed by atoms with Crippen LogP contribution in [0.25, 0.3) is 0 Å². The number of nitrogens with one attached hydrogen (secondary N) is 1. The Balaban J connectivity index is 2.47. The van der Waals surface area contributed by atoms with Crippen molar-refractivity contribution >= 4 is 15.7 Å². The molecule has 3 nitrogen and oxygen atoms in total. The molecule has 5 heteroatoms. The third-order valence-corrected chi connectivity index (χ3v) is 5.02. The molecule has 0 amide bonds. The van der Waals surface area contributed by atoms with Gasteiger partial charge in [-0.15, -0.1) is 0 Å². The minimum absolute atomic E-state index is 0.0689. The van der Waals surface area contributed by atoms with Gasteiger partial charge in [-0.2, -0.15) is 0 Å². The van der Waals surface area contributed by atoms with Crippen LogP contribution >= 0.6 is 0 Å². The summed E-state index contributed by atoms with van der Waals surface area (Å²) < 4.78 is 41.1. The monoisotopic (exact) mass is 321 g/mol. The number of rotatable bonds is 5. The van der Waals surface area contributed by atoms with E-state index in [4.69, 9.17) is 0 Å². The smallest absolute Gasteiger partial charge is 0.261 e. The minimum Gasteiger partial charge on any atom is -0.279 e. The van der Waals surface area contributed by atoms with Gasteiger partial charge in [0.1, 0.15) is 5.82 Å². The van der Waals surface area contributed by atoms with Crippen molar-refractivity contribution in [3.63, 3.8) is 0 Å². The lowest BCUT2D eigenvalue weighted by atomic mass is 10.0. The number of aryl methyl sites for hydroxylation is 3. The Kier molecular flexibility index (Phi) is 4.86. The lowest BCUT2D eigenvalue weighted by molar-refractivity contribution is 0.598. The first-order chi connectivity index (χ1) is 10.4. The van der Waals surface area contributed by atoms with Gasteiger partial charge in [0, 0.05) is 0 Å². The summed E-state index contributed by atoms with van der Waals surface area (Å²) in [6, 6.07) is 9.55. The molecule has 0 saturated heterocycles. The largest absolute Gasteiger partial charge is 0.279 e. The third-order valence-electron chi connectivity index (χ3n) is 3.67. The summed E-state index contributed by atoms with van der Waals surface area (Å²) in [4.78, 5) is 0.0689. The van der Waals surface area contributed by atoms with E-state index in [2.05, 4.69) is 4.72 Å². The zero-order chi connectivity index (χ0) is 16.3. The number of hydrogen-bond acceptors (Lipinski definition) is 2. The number of sulfonamides is 1. The summed E-state index contributed by atoms with van der Waals surface area (Å²) >= 11 is 0. The Bertz CT molecular complexity index is 763. The number of hydrogen-bond donors (Lipinski definition) is 1. The number of para-hydroxylation sites is 1. The van der Waals surface area contributed by atoms with Gasteiger partial charge in [-0.25, -0.2) is 12.8 Å². The molecule has 0 saturated carbocycles.